The molecule has 0 aliphatic carbocycles. The van der Waals surface area contributed by atoms with Gasteiger partial charge in [-0.2, -0.15) is 0 Å². The van der Waals surface area contributed by atoms with Crippen LogP contribution in [0.3, 0.4) is 0 Å². The molecule has 0 saturated carbocycles. The minimum Gasteiger partial charge on any atom is -0.482 e. The highest BCUT2D eigenvalue weighted by Crippen LogP contribution is 2.16. The van der Waals surface area contributed by atoms with Gasteiger partial charge in [-0.05, 0) is 19.2 Å². The van der Waals surface area contributed by atoms with Crippen LogP contribution >= 0.6 is 0 Å². The van der Waals surface area contributed by atoms with Crippen LogP contribution in [0.15, 0.2) is 24.3 Å². The Morgan fingerprint density at radius 2 is 2.22 bits per heavy atom. The fourth-order valence-corrected chi connectivity index (χ4v) is 1.23. The Labute approximate surface area is 107 Å². The van der Waals surface area contributed by atoms with Crippen molar-refractivity contribution in [3.63, 3.8) is 0 Å². The van der Waals surface area contributed by atoms with Crippen molar-refractivity contribution in [1.29, 1.82) is 0 Å². The highest BCUT2D eigenvalue weighted by molar-refractivity contribution is 5.76. The third-order valence-corrected chi connectivity index (χ3v) is 2.13. The van der Waals surface area contributed by atoms with Crippen LogP contribution in [0.1, 0.15) is 12.0 Å². The standard InChI is InChI=1S/C13H17N3O2/c1-15-9-5-4-7-11-6-2-3-8-12(11)18-10-13(17)16-14/h2-3,6,8,15H,5,9-10,14H2,1H3,(H,16,17). The van der Waals surface area contributed by atoms with Gasteiger partial charge in [0.25, 0.3) is 5.91 Å². The normalized spacial score (nSPS) is 9.22. The van der Waals surface area contributed by atoms with Gasteiger partial charge in [0.05, 0.1) is 5.56 Å². The van der Waals surface area contributed by atoms with Crippen molar-refractivity contribution >= 4 is 5.91 Å². The lowest BCUT2D eigenvalue weighted by atomic mass is 10.2. The quantitative estimate of drug-likeness (QED) is 0.225. The molecule has 0 aliphatic rings. The Bertz CT molecular complexity index is 449. The molecule has 0 aromatic heterocycles. The number of ether oxygens (including phenoxy) is 1. The summed E-state index contributed by atoms with van der Waals surface area (Å²) in [6, 6.07) is 7.32. The molecule has 1 rings (SSSR count). The van der Waals surface area contributed by atoms with Crippen LogP contribution in [0, 0.1) is 11.8 Å². The molecular formula is C13H17N3O2. The second kappa shape index (κ2) is 8.12. The number of carbonyl (C=O) groups excluding carboxylic acids is 1. The second-order valence-electron chi connectivity index (χ2n) is 3.51. The number of carbonyl (C=O) groups is 1. The van der Waals surface area contributed by atoms with Crippen molar-refractivity contribution in [1.82, 2.24) is 10.7 Å². The lowest BCUT2D eigenvalue weighted by Crippen LogP contribution is -2.34. The van der Waals surface area contributed by atoms with Gasteiger partial charge >= 0.3 is 0 Å². The maximum atomic E-state index is 11.0. The van der Waals surface area contributed by atoms with E-state index in [9.17, 15) is 4.79 Å². The first kappa shape index (κ1) is 14.0. The fraction of sp³-hybridized carbons (Fsp3) is 0.308. The van der Waals surface area contributed by atoms with Crippen LogP contribution in [0.25, 0.3) is 0 Å². The Morgan fingerprint density at radius 3 is 2.94 bits per heavy atom. The molecule has 18 heavy (non-hydrogen) atoms. The molecule has 96 valence electrons. The van der Waals surface area contributed by atoms with Gasteiger partial charge in [0.1, 0.15) is 5.75 Å². The molecule has 0 aliphatic heterocycles. The summed E-state index contributed by atoms with van der Waals surface area (Å²) in [6.45, 7) is 0.720. The van der Waals surface area contributed by atoms with E-state index in [0.717, 1.165) is 18.5 Å². The van der Waals surface area contributed by atoms with Crippen LogP contribution in [0.4, 0.5) is 0 Å². The number of rotatable bonds is 5. The van der Waals surface area contributed by atoms with Gasteiger partial charge in [0.2, 0.25) is 0 Å². The third kappa shape index (κ3) is 4.87. The van der Waals surface area contributed by atoms with Crippen LogP contribution in [0.2, 0.25) is 0 Å². The number of hydrazine groups is 1. The maximum Gasteiger partial charge on any atom is 0.271 e. The lowest BCUT2D eigenvalue weighted by Gasteiger charge is -2.06. The summed E-state index contributed by atoms with van der Waals surface area (Å²) in [7, 11) is 1.88. The van der Waals surface area contributed by atoms with Crippen molar-refractivity contribution < 1.29 is 9.53 Å². The third-order valence-electron chi connectivity index (χ3n) is 2.13. The molecule has 0 unspecified atom stereocenters. The zero-order chi connectivity index (χ0) is 13.2. The molecule has 4 N–H and O–H groups in total. The molecule has 1 aromatic carbocycles. The minimum absolute atomic E-state index is 0.119. The minimum atomic E-state index is -0.382. The molecule has 0 fully saturated rings. The number of nitrogens with one attached hydrogen (secondary N) is 2. The maximum absolute atomic E-state index is 11.0. The number of benzene rings is 1. The van der Waals surface area contributed by atoms with E-state index in [4.69, 9.17) is 10.6 Å². The van der Waals surface area contributed by atoms with E-state index in [1.165, 1.54) is 0 Å². The average molecular weight is 247 g/mol. The topological polar surface area (TPSA) is 76.4 Å². The van der Waals surface area contributed by atoms with Crippen molar-refractivity contribution in [3.05, 3.63) is 29.8 Å². The van der Waals surface area contributed by atoms with E-state index in [0.29, 0.717) is 5.75 Å². The van der Waals surface area contributed by atoms with E-state index in [1.807, 2.05) is 30.7 Å². The van der Waals surface area contributed by atoms with E-state index >= 15 is 0 Å². The van der Waals surface area contributed by atoms with Crippen LogP contribution < -0.4 is 21.3 Å². The van der Waals surface area contributed by atoms with Crippen LogP contribution in [0.5, 0.6) is 5.75 Å². The monoisotopic (exact) mass is 247 g/mol. The van der Waals surface area contributed by atoms with E-state index in [-0.39, 0.29) is 12.5 Å². The summed E-state index contributed by atoms with van der Waals surface area (Å²) in [5.41, 5.74) is 2.77. The van der Waals surface area contributed by atoms with E-state index in [2.05, 4.69) is 17.2 Å². The SMILES string of the molecule is CNCCC#Cc1ccccc1OCC(=O)NN. The Hall–Kier alpha value is -2.03. The van der Waals surface area contributed by atoms with Crippen molar-refractivity contribution in [2.75, 3.05) is 20.2 Å². The predicted octanol–water partition coefficient (Wildman–Crippen LogP) is 0.0163. The first-order valence-electron chi connectivity index (χ1n) is 5.62. The summed E-state index contributed by atoms with van der Waals surface area (Å²) in [5, 5.41) is 3.02. The van der Waals surface area contributed by atoms with Gasteiger partial charge in [-0.3, -0.25) is 10.2 Å². The number of hydrogen-bond acceptors (Lipinski definition) is 4. The van der Waals surface area contributed by atoms with Gasteiger partial charge in [-0.1, -0.05) is 24.0 Å². The smallest absolute Gasteiger partial charge is 0.271 e. The van der Waals surface area contributed by atoms with Crippen molar-refractivity contribution in [2.24, 2.45) is 5.84 Å². The zero-order valence-electron chi connectivity index (χ0n) is 10.3. The highest BCUT2D eigenvalue weighted by Gasteiger charge is 2.03. The fourth-order valence-electron chi connectivity index (χ4n) is 1.23. The summed E-state index contributed by atoms with van der Waals surface area (Å²) in [4.78, 5) is 11.0. The van der Waals surface area contributed by atoms with Gasteiger partial charge in [-0.25, -0.2) is 5.84 Å². The summed E-state index contributed by atoms with van der Waals surface area (Å²) >= 11 is 0. The molecule has 0 spiro atoms. The average Bonchev–Trinajstić information content (AvgIpc) is 2.42. The van der Waals surface area contributed by atoms with Gasteiger partial charge < -0.3 is 10.1 Å². The first-order chi connectivity index (χ1) is 8.77. The number of amides is 1. The van der Waals surface area contributed by atoms with Gasteiger partial charge in [0.15, 0.2) is 6.61 Å². The van der Waals surface area contributed by atoms with Gasteiger partial charge in [-0.15, -0.1) is 0 Å². The molecule has 0 bridgehead atoms. The second-order valence-corrected chi connectivity index (χ2v) is 3.51. The molecular weight excluding hydrogens is 230 g/mol. The van der Waals surface area contributed by atoms with E-state index < -0.39 is 0 Å². The van der Waals surface area contributed by atoms with Gasteiger partial charge in [0, 0.05) is 13.0 Å². The summed E-state index contributed by atoms with van der Waals surface area (Å²) < 4.78 is 5.34. The van der Waals surface area contributed by atoms with E-state index in [1.54, 1.807) is 6.07 Å². The predicted molar refractivity (Wildman–Crippen MR) is 69.7 cm³/mol. The van der Waals surface area contributed by atoms with Crippen LogP contribution in [-0.4, -0.2) is 26.1 Å². The van der Waals surface area contributed by atoms with Crippen molar-refractivity contribution in [3.8, 4) is 17.6 Å². The number of hydrogen-bond donors (Lipinski definition) is 3. The molecule has 5 nitrogen and oxygen atoms in total. The summed E-state index contributed by atoms with van der Waals surface area (Å²) in [5.74, 6) is 11.2. The zero-order valence-corrected chi connectivity index (χ0v) is 10.3. The largest absolute Gasteiger partial charge is 0.482 e. The molecule has 0 radical (unpaired) electrons. The summed E-state index contributed by atoms with van der Waals surface area (Å²) in [6.07, 6.45) is 0.758. The Balaban J connectivity index is 2.66. The van der Waals surface area contributed by atoms with Crippen LogP contribution in [-0.2, 0) is 4.79 Å². The lowest BCUT2D eigenvalue weighted by molar-refractivity contribution is -0.123. The molecule has 0 heterocycles. The molecule has 5 heteroatoms. The van der Waals surface area contributed by atoms with Crippen molar-refractivity contribution in [2.45, 2.75) is 6.42 Å². The highest BCUT2D eigenvalue weighted by atomic mass is 16.5. The molecule has 0 atom stereocenters. The number of nitrogens with two attached hydrogens (primary N) is 1. The molecule has 0 saturated heterocycles. The molecule has 1 amide bonds. The molecule has 1 aromatic rings. The Kier molecular flexibility index (Phi) is 6.33. The number of para-hydroxylation sites is 1. The first-order valence-corrected chi connectivity index (χ1v) is 5.62. The Morgan fingerprint density at radius 1 is 1.44 bits per heavy atom.